The van der Waals surface area contributed by atoms with Gasteiger partial charge in [0.25, 0.3) is 11.1 Å². The summed E-state index contributed by atoms with van der Waals surface area (Å²) in [4.78, 5) is 27.9. The first-order valence-corrected chi connectivity index (χ1v) is 9.31. The van der Waals surface area contributed by atoms with Crippen LogP contribution in [0.25, 0.3) is 11.6 Å². The van der Waals surface area contributed by atoms with Crippen LogP contribution in [0.5, 0.6) is 0 Å². The number of fused-ring (bicyclic) bond motifs is 1. The van der Waals surface area contributed by atoms with Gasteiger partial charge in [0.2, 0.25) is 0 Å². The molecule has 5 heteroatoms. The number of likely N-dealkylation sites (N-methyl/N-ethyl adjacent to an activating group) is 2. The number of nitrogens with zero attached hydrogens (tertiary/aromatic N) is 2. The number of hydrogen-bond donors (Lipinski definition) is 0. The predicted octanol–water partition coefficient (Wildman–Crippen LogP) is 4.68. The number of anilines is 1. The lowest BCUT2D eigenvalue weighted by Crippen LogP contribution is -2.44. The first-order chi connectivity index (χ1) is 11.7. The summed E-state index contributed by atoms with van der Waals surface area (Å²) in [5.74, 6) is -0.226. The van der Waals surface area contributed by atoms with Gasteiger partial charge in [-0.05, 0) is 81.3 Å². The van der Waals surface area contributed by atoms with Crippen LogP contribution < -0.4 is 4.90 Å². The Kier molecular flexibility index (Phi) is 4.31. The van der Waals surface area contributed by atoms with Crippen LogP contribution in [-0.4, -0.2) is 35.2 Å². The molecule has 0 aliphatic carbocycles. The van der Waals surface area contributed by atoms with Crippen molar-refractivity contribution >= 4 is 40.2 Å². The van der Waals surface area contributed by atoms with E-state index in [0.717, 1.165) is 34.3 Å². The lowest BCUT2D eigenvalue weighted by Gasteiger charge is -2.43. The highest BCUT2D eigenvalue weighted by Crippen LogP contribution is 2.41. The zero-order valence-corrected chi connectivity index (χ0v) is 16.5. The Labute approximate surface area is 153 Å². The van der Waals surface area contributed by atoms with Gasteiger partial charge in [0.05, 0.1) is 10.4 Å². The highest BCUT2D eigenvalue weighted by molar-refractivity contribution is 8.18. The number of aryl methyl sites for hydroxylation is 1. The second kappa shape index (κ2) is 6.06. The largest absolute Gasteiger partial charge is 0.363 e. The summed E-state index contributed by atoms with van der Waals surface area (Å²) in [5.41, 5.74) is 5.72. The molecule has 1 aromatic carbocycles. The van der Waals surface area contributed by atoms with Gasteiger partial charge in [-0.25, -0.2) is 0 Å². The van der Waals surface area contributed by atoms with E-state index in [1.165, 1.54) is 23.9 Å². The SMILES string of the molecule is CCN1c2cc(C)c(/C=C3/SC(=O)N(C)C3=O)cc2C(C)=CC1(C)C. The van der Waals surface area contributed by atoms with Gasteiger partial charge in [0.1, 0.15) is 0 Å². The van der Waals surface area contributed by atoms with Crippen molar-refractivity contribution in [2.24, 2.45) is 0 Å². The van der Waals surface area contributed by atoms with Crippen LogP contribution in [0.4, 0.5) is 10.5 Å². The first kappa shape index (κ1) is 17.8. The Morgan fingerprint density at radius 1 is 1.20 bits per heavy atom. The maximum atomic E-state index is 12.2. The molecule has 0 bridgehead atoms. The third kappa shape index (κ3) is 2.91. The van der Waals surface area contributed by atoms with Crippen molar-refractivity contribution in [1.82, 2.24) is 4.90 Å². The molecule has 2 heterocycles. The van der Waals surface area contributed by atoms with Crippen molar-refractivity contribution in [2.45, 2.75) is 40.2 Å². The molecular weight excluding hydrogens is 332 g/mol. The second-order valence-corrected chi connectivity index (χ2v) is 8.19. The monoisotopic (exact) mass is 356 g/mol. The minimum atomic E-state index is -0.226. The molecule has 0 aromatic heterocycles. The summed E-state index contributed by atoms with van der Waals surface area (Å²) >= 11 is 1.00. The molecule has 1 saturated heterocycles. The molecule has 3 rings (SSSR count). The van der Waals surface area contributed by atoms with Crippen LogP contribution in [0, 0.1) is 6.92 Å². The van der Waals surface area contributed by atoms with Crippen LogP contribution >= 0.6 is 11.8 Å². The number of carbonyl (C=O) groups excluding carboxylic acids is 2. The molecule has 25 heavy (non-hydrogen) atoms. The van der Waals surface area contributed by atoms with Gasteiger partial charge in [-0.15, -0.1) is 0 Å². The summed E-state index contributed by atoms with van der Waals surface area (Å²) in [6.07, 6.45) is 4.13. The molecule has 1 fully saturated rings. The van der Waals surface area contributed by atoms with E-state index in [0.29, 0.717) is 4.91 Å². The molecule has 2 aliphatic heterocycles. The Morgan fingerprint density at radius 3 is 2.44 bits per heavy atom. The normalized spacial score (nSPS) is 21.0. The smallest absolute Gasteiger partial charge is 0.293 e. The molecule has 132 valence electrons. The molecule has 0 saturated carbocycles. The maximum absolute atomic E-state index is 12.2. The topological polar surface area (TPSA) is 40.6 Å². The zero-order valence-electron chi connectivity index (χ0n) is 15.6. The van der Waals surface area contributed by atoms with E-state index < -0.39 is 0 Å². The van der Waals surface area contributed by atoms with E-state index in [2.05, 4.69) is 57.7 Å². The van der Waals surface area contributed by atoms with Crippen LogP contribution in [0.1, 0.15) is 44.4 Å². The van der Waals surface area contributed by atoms with Crippen molar-refractivity contribution in [3.63, 3.8) is 0 Å². The number of thioether (sulfide) groups is 1. The Bertz CT molecular complexity index is 836. The average molecular weight is 356 g/mol. The fourth-order valence-electron chi connectivity index (χ4n) is 3.66. The zero-order chi connectivity index (χ0) is 18.5. The van der Waals surface area contributed by atoms with Crippen LogP contribution in [0.3, 0.4) is 0 Å². The highest BCUT2D eigenvalue weighted by Gasteiger charge is 2.33. The van der Waals surface area contributed by atoms with Crippen molar-refractivity contribution in [1.29, 1.82) is 0 Å². The molecule has 2 aliphatic rings. The molecule has 0 atom stereocenters. The third-order valence-corrected chi connectivity index (χ3v) is 5.92. The fraction of sp³-hybridized carbons (Fsp3) is 0.400. The lowest BCUT2D eigenvalue weighted by atomic mass is 9.87. The van der Waals surface area contributed by atoms with Crippen molar-refractivity contribution < 1.29 is 9.59 Å². The van der Waals surface area contributed by atoms with E-state index in [1.807, 2.05) is 6.08 Å². The van der Waals surface area contributed by atoms with Gasteiger partial charge in [-0.3, -0.25) is 14.5 Å². The first-order valence-electron chi connectivity index (χ1n) is 8.49. The van der Waals surface area contributed by atoms with Crippen LogP contribution in [0.15, 0.2) is 23.1 Å². The number of rotatable bonds is 2. The maximum Gasteiger partial charge on any atom is 0.293 e. The van der Waals surface area contributed by atoms with E-state index in [1.54, 1.807) is 0 Å². The molecule has 0 unspecified atom stereocenters. The van der Waals surface area contributed by atoms with Gasteiger partial charge in [-0.2, -0.15) is 0 Å². The van der Waals surface area contributed by atoms with E-state index in [9.17, 15) is 9.59 Å². The number of benzene rings is 1. The predicted molar refractivity (Wildman–Crippen MR) is 106 cm³/mol. The molecule has 0 radical (unpaired) electrons. The number of imide groups is 1. The number of hydrogen-bond acceptors (Lipinski definition) is 4. The lowest BCUT2D eigenvalue weighted by molar-refractivity contribution is -0.121. The fourth-order valence-corrected chi connectivity index (χ4v) is 4.48. The Hall–Kier alpha value is -2.01. The molecule has 2 amide bonds. The Morgan fingerprint density at radius 2 is 1.88 bits per heavy atom. The average Bonchev–Trinajstić information content (AvgIpc) is 2.75. The van der Waals surface area contributed by atoms with E-state index in [4.69, 9.17) is 0 Å². The standard InChI is InChI=1S/C20H24N2O2S/c1-7-22-16-8-12(2)14(9-15(16)13(3)11-20(22,4)5)10-17-18(23)21(6)19(24)25-17/h8-11H,7H2,1-6H3/b17-10+. The quantitative estimate of drug-likeness (QED) is 0.721. The van der Waals surface area contributed by atoms with Gasteiger partial charge in [0, 0.05) is 24.8 Å². The second-order valence-electron chi connectivity index (χ2n) is 7.19. The number of allylic oxidation sites excluding steroid dienone is 1. The highest BCUT2D eigenvalue weighted by atomic mass is 32.2. The molecule has 0 spiro atoms. The minimum Gasteiger partial charge on any atom is -0.363 e. The van der Waals surface area contributed by atoms with Crippen molar-refractivity contribution in [2.75, 3.05) is 18.5 Å². The van der Waals surface area contributed by atoms with Gasteiger partial charge in [0.15, 0.2) is 0 Å². The number of carbonyl (C=O) groups is 2. The summed E-state index contributed by atoms with van der Waals surface area (Å²) in [7, 11) is 1.52. The molecular formula is C20H24N2O2S. The van der Waals surface area contributed by atoms with Gasteiger partial charge < -0.3 is 4.90 Å². The van der Waals surface area contributed by atoms with Gasteiger partial charge in [-0.1, -0.05) is 6.08 Å². The molecule has 4 nitrogen and oxygen atoms in total. The van der Waals surface area contributed by atoms with Crippen LogP contribution in [-0.2, 0) is 4.79 Å². The van der Waals surface area contributed by atoms with E-state index in [-0.39, 0.29) is 16.7 Å². The summed E-state index contributed by atoms with van der Waals surface area (Å²) < 4.78 is 0. The van der Waals surface area contributed by atoms with Gasteiger partial charge >= 0.3 is 0 Å². The summed E-state index contributed by atoms with van der Waals surface area (Å²) in [6, 6.07) is 4.33. The van der Waals surface area contributed by atoms with Crippen molar-refractivity contribution in [3.05, 3.63) is 39.8 Å². The summed E-state index contributed by atoms with van der Waals surface area (Å²) in [6.45, 7) is 11.7. The Balaban J connectivity index is 2.11. The van der Waals surface area contributed by atoms with Crippen molar-refractivity contribution in [3.8, 4) is 0 Å². The summed E-state index contributed by atoms with van der Waals surface area (Å²) in [5, 5.41) is -0.221. The number of amides is 2. The molecule has 0 N–H and O–H groups in total. The van der Waals surface area contributed by atoms with E-state index >= 15 is 0 Å². The minimum absolute atomic E-state index is 0.0232. The molecule has 1 aromatic rings. The third-order valence-electron chi connectivity index (χ3n) is 4.95. The van der Waals surface area contributed by atoms with Crippen LogP contribution in [0.2, 0.25) is 0 Å².